The van der Waals surface area contributed by atoms with Gasteiger partial charge in [-0.15, -0.1) is 0 Å². The molecule has 2 aliphatic rings. The summed E-state index contributed by atoms with van der Waals surface area (Å²) in [5.41, 5.74) is 1.36. The molecule has 21 heavy (non-hydrogen) atoms. The van der Waals surface area contributed by atoms with Crippen LogP contribution >= 0.6 is 11.6 Å². The minimum Gasteiger partial charge on any atom is -0.353 e. The lowest BCUT2D eigenvalue weighted by Gasteiger charge is -2.44. The molecule has 2 unspecified atom stereocenters. The number of nitrogens with zero attached hydrogens (tertiary/aromatic N) is 1. The second-order valence-corrected chi connectivity index (χ2v) is 6.66. The van der Waals surface area contributed by atoms with Gasteiger partial charge in [0.15, 0.2) is 5.79 Å². The van der Waals surface area contributed by atoms with Crippen LogP contribution in [-0.4, -0.2) is 43.5 Å². The molecule has 0 radical (unpaired) electrons. The predicted octanol–water partition coefficient (Wildman–Crippen LogP) is 3.50. The van der Waals surface area contributed by atoms with Crippen LogP contribution in [0.5, 0.6) is 0 Å². The third kappa shape index (κ3) is 3.11. The Morgan fingerprint density at radius 3 is 2.19 bits per heavy atom. The van der Waals surface area contributed by atoms with Crippen molar-refractivity contribution in [3.8, 4) is 0 Å². The zero-order valence-corrected chi connectivity index (χ0v) is 13.6. The number of ether oxygens (including phenoxy) is 2. The minimum absolute atomic E-state index is 0.359. The number of fused-ring (bicyclic) bond motifs is 2. The third-order valence-corrected chi connectivity index (χ3v) is 5.43. The average Bonchev–Trinajstić information content (AvgIpc) is 2.76. The van der Waals surface area contributed by atoms with Gasteiger partial charge in [0.2, 0.25) is 0 Å². The number of benzene rings is 1. The van der Waals surface area contributed by atoms with Crippen molar-refractivity contribution in [2.45, 2.75) is 50.0 Å². The number of piperidine rings is 1. The molecule has 4 heteroatoms. The second kappa shape index (κ2) is 6.25. The van der Waals surface area contributed by atoms with E-state index < -0.39 is 0 Å². The molecule has 116 valence electrons. The van der Waals surface area contributed by atoms with Crippen LogP contribution in [0.2, 0.25) is 5.02 Å². The summed E-state index contributed by atoms with van der Waals surface area (Å²) in [7, 11) is 3.54. The molecule has 3 rings (SSSR count). The highest BCUT2D eigenvalue weighted by Gasteiger charge is 2.48. The van der Waals surface area contributed by atoms with E-state index in [-0.39, 0.29) is 5.79 Å². The highest BCUT2D eigenvalue weighted by atomic mass is 35.5. The van der Waals surface area contributed by atoms with Crippen molar-refractivity contribution >= 4 is 11.6 Å². The van der Waals surface area contributed by atoms with Crippen LogP contribution in [0.3, 0.4) is 0 Å². The van der Waals surface area contributed by atoms with Crippen LogP contribution in [0.25, 0.3) is 0 Å². The molecule has 1 aromatic rings. The fourth-order valence-corrected chi connectivity index (χ4v) is 4.07. The first-order valence-electron chi connectivity index (χ1n) is 7.76. The van der Waals surface area contributed by atoms with Gasteiger partial charge in [-0.2, -0.15) is 0 Å². The molecular formula is C17H24ClNO2. The van der Waals surface area contributed by atoms with E-state index in [4.69, 9.17) is 21.1 Å². The molecule has 0 N–H and O–H groups in total. The molecule has 0 spiro atoms. The van der Waals surface area contributed by atoms with E-state index in [9.17, 15) is 0 Å². The molecule has 0 aliphatic carbocycles. The maximum Gasteiger partial charge on any atom is 0.170 e. The molecule has 0 aromatic heterocycles. The Kier molecular flexibility index (Phi) is 4.55. The van der Waals surface area contributed by atoms with E-state index in [1.807, 2.05) is 12.1 Å². The lowest BCUT2D eigenvalue weighted by Crippen LogP contribution is -2.53. The zero-order chi connectivity index (χ0) is 14.9. The van der Waals surface area contributed by atoms with E-state index in [2.05, 4.69) is 17.0 Å². The number of methoxy groups -OCH3 is 2. The number of hydrogen-bond donors (Lipinski definition) is 0. The molecule has 2 saturated heterocycles. The van der Waals surface area contributed by atoms with Gasteiger partial charge in [0.05, 0.1) is 0 Å². The summed E-state index contributed by atoms with van der Waals surface area (Å²) in [6.45, 7) is 1.11. The fourth-order valence-electron chi connectivity index (χ4n) is 3.95. The van der Waals surface area contributed by atoms with Crippen molar-refractivity contribution in [3.05, 3.63) is 34.9 Å². The Morgan fingerprint density at radius 2 is 1.67 bits per heavy atom. The average molecular weight is 310 g/mol. The lowest BCUT2D eigenvalue weighted by atomic mass is 9.95. The summed E-state index contributed by atoms with van der Waals surface area (Å²) in [5, 5.41) is 0.807. The Bertz CT molecular complexity index is 456. The maximum atomic E-state index is 5.94. The van der Waals surface area contributed by atoms with Crippen LogP contribution in [0, 0.1) is 0 Å². The van der Waals surface area contributed by atoms with Crippen LogP contribution in [0.15, 0.2) is 24.3 Å². The molecule has 2 heterocycles. The predicted molar refractivity (Wildman–Crippen MR) is 84.7 cm³/mol. The van der Waals surface area contributed by atoms with Gasteiger partial charge in [-0.3, -0.25) is 4.90 Å². The second-order valence-electron chi connectivity index (χ2n) is 6.23. The van der Waals surface area contributed by atoms with Crippen LogP contribution in [-0.2, 0) is 15.9 Å². The zero-order valence-electron chi connectivity index (χ0n) is 12.8. The molecule has 2 aliphatic heterocycles. The smallest absolute Gasteiger partial charge is 0.170 e. The summed E-state index contributed by atoms with van der Waals surface area (Å²) < 4.78 is 11.3. The summed E-state index contributed by atoms with van der Waals surface area (Å²) in [4.78, 5) is 2.66. The first-order valence-corrected chi connectivity index (χ1v) is 8.14. The summed E-state index contributed by atoms with van der Waals surface area (Å²) in [6.07, 6.45) is 5.57. The van der Waals surface area contributed by atoms with E-state index in [0.717, 1.165) is 30.8 Å². The maximum absolute atomic E-state index is 5.94. The Morgan fingerprint density at radius 1 is 1.10 bits per heavy atom. The highest BCUT2D eigenvalue weighted by Crippen LogP contribution is 2.42. The monoisotopic (exact) mass is 309 g/mol. The molecule has 2 bridgehead atoms. The van der Waals surface area contributed by atoms with Crippen molar-refractivity contribution in [3.63, 3.8) is 0 Å². The Labute approximate surface area is 132 Å². The van der Waals surface area contributed by atoms with Crippen LogP contribution in [0.4, 0.5) is 0 Å². The van der Waals surface area contributed by atoms with Crippen LogP contribution in [0.1, 0.15) is 31.2 Å². The van der Waals surface area contributed by atoms with Gasteiger partial charge in [0, 0.05) is 50.7 Å². The van der Waals surface area contributed by atoms with Crippen molar-refractivity contribution in [1.29, 1.82) is 0 Å². The first kappa shape index (κ1) is 15.3. The standard InChI is InChI=1S/C17H24ClNO2/c1-20-17(21-2)11-15-7-8-16(12-17)19(15)10-9-13-3-5-14(18)6-4-13/h3-6,15-16H,7-12H2,1-2H3. The van der Waals surface area contributed by atoms with E-state index >= 15 is 0 Å². The van der Waals surface area contributed by atoms with Crippen molar-refractivity contribution < 1.29 is 9.47 Å². The molecule has 3 nitrogen and oxygen atoms in total. The molecule has 1 aromatic carbocycles. The molecular weight excluding hydrogens is 286 g/mol. The molecule has 0 amide bonds. The van der Waals surface area contributed by atoms with Gasteiger partial charge in [-0.05, 0) is 37.0 Å². The van der Waals surface area contributed by atoms with Gasteiger partial charge in [0.1, 0.15) is 0 Å². The van der Waals surface area contributed by atoms with Crippen molar-refractivity contribution in [1.82, 2.24) is 4.90 Å². The van der Waals surface area contributed by atoms with E-state index in [1.54, 1.807) is 14.2 Å². The summed E-state index contributed by atoms with van der Waals surface area (Å²) >= 11 is 5.94. The molecule has 2 atom stereocenters. The topological polar surface area (TPSA) is 21.7 Å². The van der Waals surface area contributed by atoms with Gasteiger partial charge < -0.3 is 9.47 Å². The quantitative estimate of drug-likeness (QED) is 0.777. The largest absolute Gasteiger partial charge is 0.353 e. The number of halogens is 1. The number of rotatable bonds is 5. The summed E-state index contributed by atoms with van der Waals surface area (Å²) in [6, 6.07) is 9.39. The van der Waals surface area contributed by atoms with Gasteiger partial charge >= 0.3 is 0 Å². The normalized spacial score (nSPS) is 28.0. The van der Waals surface area contributed by atoms with Crippen molar-refractivity contribution in [2.75, 3.05) is 20.8 Å². The van der Waals surface area contributed by atoms with Gasteiger partial charge in [-0.25, -0.2) is 0 Å². The van der Waals surface area contributed by atoms with Gasteiger partial charge in [-0.1, -0.05) is 23.7 Å². The fraction of sp³-hybridized carbons (Fsp3) is 0.647. The summed E-state index contributed by atoms with van der Waals surface area (Å²) in [5.74, 6) is -0.359. The SMILES string of the molecule is COC1(OC)CC2CCC(C1)N2CCc1ccc(Cl)cc1. The molecule has 2 fully saturated rings. The minimum atomic E-state index is -0.359. The Hall–Kier alpha value is -0.610. The highest BCUT2D eigenvalue weighted by molar-refractivity contribution is 6.30. The van der Waals surface area contributed by atoms with E-state index in [0.29, 0.717) is 12.1 Å². The van der Waals surface area contributed by atoms with Crippen molar-refractivity contribution in [2.24, 2.45) is 0 Å². The van der Waals surface area contributed by atoms with Crippen LogP contribution < -0.4 is 0 Å². The molecule has 0 saturated carbocycles. The lowest BCUT2D eigenvalue weighted by molar-refractivity contribution is -0.240. The Balaban J connectivity index is 1.62. The third-order valence-electron chi connectivity index (χ3n) is 5.18. The number of hydrogen-bond acceptors (Lipinski definition) is 3. The van der Waals surface area contributed by atoms with Gasteiger partial charge in [0.25, 0.3) is 0 Å². The first-order chi connectivity index (χ1) is 10.2. The van der Waals surface area contributed by atoms with E-state index in [1.165, 1.54) is 18.4 Å².